The van der Waals surface area contributed by atoms with E-state index in [0.717, 1.165) is 30.9 Å². The number of ether oxygens (including phenoxy) is 1. The molecule has 1 N–H and O–H groups in total. The molecule has 1 heterocycles. The van der Waals surface area contributed by atoms with Gasteiger partial charge in [0.05, 0.1) is 12.8 Å². The van der Waals surface area contributed by atoms with Gasteiger partial charge in [-0.1, -0.05) is 0 Å². The Kier molecular flexibility index (Phi) is 3.64. The van der Waals surface area contributed by atoms with Gasteiger partial charge in [0, 0.05) is 13.1 Å². The van der Waals surface area contributed by atoms with Crippen LogP contribution in [0.25, 0.3) is 0 Å². The molecular weight excluding hydrogens is 204 g/mol. The fourth-order valence-electron chi connectivity index (χ4n) is 1.90. The number of hydrogen-bond acceptors (Lipinski definition) is 4. The van der Waals surface area contributed by atoms with Crippen molar-refractivity contribution in [2.24, 2.45) is 0 Å². The van der Waals surface area contributed by atoms with Crippen molar-refractivity contribution in [2.45, 2.75) is 12.5 Å². The third-order valence-electron chi connectivity index (χ3n) is 2.73. The molecule has 88 valence electrons. The third kappa shape index (κ3) is 2.87. The number of nitrogens with zero attached hydrogens (tertiary/aromatic N) is 1. The molecule has 1 fully saturated rings. The molecule has 1 aliphatic rings. The van der Waals surface area contributed by atoms with Crippen LogP contribution in [0.5, 0.6) is 5.75 Å². The highest BCUT2D eigenvalue weighted by Crippen LogP contribution is 2.19. The predicted octanol–water partition coefficient (Wildman–Crippen LogP) is 1.74. The molecule has 2 rings (SSSR count). The fraction of sp³-hybridized carbons (Fsp3) is 0.500. The van der Waals surface area contributed by atoms with Gasteiger partial charge < -0.3 is 9.64 Å². The maximum atomic E-state index is 5.87. The quantitative estimate of drug-likeness (QED) is 0.787. The Labute approximate surface area is 96.1 Å². The lowest BCUT2D eigenvalue weighted by Gasteiger charge is -2.14. The molecule has 1 aromatic rings. The zero-order chi connectivity index (χ0) is 11.4. The summed E-state index contributed by atoms with van der Waals surface area (Å²) in [4.78, 5) is 7.10. The zero-order valence-electron chi connectivity index (χ0n) is 9.77. The van der Waals surface area contributed by atoms with E-state index in [2.05, 4.69) is 17.4 Å². The van der Waals surface area contributed by atoms with Crippen molar-refractivity contribution in [3.05, 3.63) is 24.3 Å². The second-order valence-corrected chi connectivity index (χ2v) is 4.12. The molecule has 0 spiro atoms. The van der Waals surface area contributed by atoms with Crippen LogP contribution in [0.3, 0.4) is 0 Å². The number of benzene rings is 1. The van der Waals surface area contributed by atoms with Crippen molar-refractivity contribution in [1.29, 1.82) is 0 Å². The summed E-state index contributed by atoms with van der Waals surface area (Å²) >= 11 is 0. The lowest BCUT2D eigenvalue weighted by molar-refractivity contribution is 0.208. The topological polar surface area (TPSA) is 33.7 Å². The van der Waals surface area contributed by atoms with Crippen LogP contribution in [-0.4, -0.2) is 38.3 Å². The summed E-state index contributed by atoms with van der Waals surface area (Å²) in [5, 5.41) is 0. The smallest absolute Gasteiger partial charge is 0.119 e. The van der Waals surface area contributed by atoms with Crippen LogP contribution in [-0.2, 0) is 4.84 Å². The van der Waals surface area contributed by atoms with E-state index in [-0.39, 0.29) is 0 Å². The fourth-order valence-corrected chi connectivity index (χ4v) is 1.90. The number of hydrogen-bond donors (Lipinski definition) is 1. The minimum atomic E-state index is 0.325. The summed E-state index contributed by atoms with van der Waals surface area (Å²) in [5.41, 5.74) is 3.70. The highest BCUT2D eigenvalue weighted by molar-refractivity contribution is 5.44. The van der Waals surface area contributed by atoms with Crippen LogP contribution >= 0.6 is 0 Å². The van der Waals surface area contributed by atoms with Gasteiger partial charge in [0.1, 0.15) is 11.9 Å². The maximum Gasteiger partial charge on any atom is 0.119 e. The van der Waals surface area contributed by atoms with Crippen molar-refractivity contribution >= 4 is 5.69 Å². The van der Waals surface area contributed by atoms with Gasteiger partial charge in [0.2, 0.25) is 0 Å². The molecule has 1 saturated heterocycles. The van der Waals surface area contributed by atoms with E-state index in [9.17, 15) is 0 Å². The number of likely N-dealkylation sites (tertiary alicyclic amines) is 1. The monoisotopic (exact) mass is 222 g/mol. The normalized spacial score (nSPS) is 21.0. The Morgan fingerprint density at radius 2 is 2.06 bits per heavy atom. The van der Waals surface area contributed by atoms with Gasteiger partial charge in [-0.25, -0.2) is 0 Å². The Bertz CT molecular complexity index is 326. The van der Waals surface area contributed by atoms with Gasteiger partial charge in [-0.15, -0.1) is 0 Å². The van der Waals surface area contributed by atoms with E-state index in [1.165, 1.54) is 0 Å². The number of likely N-dealkylation sites (N-methyl/N-ethyl adjacent to an activating group) is 1. The average Bonchev–Trinajstić information content (AvgIpc) is 2.67. The van der Waals surface area contributed by atoms with Crippen molar-refractivity contribution in [3.8, 4) is 5.75 Å². The first-order valence-corrected chi connectivity index (χ1v) is 5.52. The van der Waals surface area contributed by atoms with Gasteiger partial charge in [-0.3, -0.25) is 10.3 Å². The van der Waals surface area contributed by atoms with Gasteiger partial charge in [-0.05, 0) is 37.7 Å². The van der Waals surface area contributed by atoms with E-state index in [1.54, 1.807) is 7.11 Å². The molecule has 0 aromatic heterocycles. The van der Waals surface area contributed by atoms with Crippen LogP contribution in [0.1, 0.15) is 6.42 Å². The van der Waals surface area contributed by atoms with Gasteiger partial charge in [-0.2, -0.15) is 0 Å². The second kappa shape index (κ2) is 5.18. The van der Waals surface area contributed by atoms with E-state index >= 15 is 0 Å². The molecule has 0 radical (unpaired) electrons. The molecule has 4 nitrogen and oxygen atoms in total. The van der Waals surface area contributed by atoms with Crippen LogP contribution in [0.4, 0.5) is 5.69 Å². The summed E-state index contributed by atoms with van der Waals surface area (Å²) in [6.45, 7) is 2.13. The van der Waals surface area contributed by atoms with E-state index in [1.807, 2.05) is 24.3 Å². The maximum absolute atomic E-state index is 5.87. The average molecular weight is 222 g/mol. The Morgan fingerprint density at radius 3 is 2.62 bits per heavy atom. The number of anilines is 1. The van der Waals surface area contributed by atoms with Gasteiger partial charge in [0.25, 0.3) is 0 Å². The number of nitrogens with one attached hydrogen (secondary N) is 1. The molecule has 4 heteroatoms. The second-order valence-electron chi connectivity index (χ2n) is 4.12. The van der Waals surface area contributed by atoms with Crippen LogP contribution in [0.2, 0.25) is 0 Å². The summed E-state index contributed by atoms with van der Waals surface area (Å²) in [6.07, 6.45) is 1.43. The van der Waals surface area contributed by atoms with E-state index < -0.39 is 0 Å². The van der Waals surface area contributed by atoms with Crippen molar-refractivity contribution < 1.29 is 9.57 Å². The van der Waals surface area contributed by atoms with Crippen molar-refractivity contribution in [2.75, 3.05) is 32.7 Å². The van der Waals surface area contributed by atoms with Gasteiger partial charge in [0.15, 0.2) is 0 Å². The lowest BCUT2D eigenvalue weighted by Crippen LogP contribution is -2.21. The van der Waals surface area contributed by atoms with Crippen molar-refractivity contribution in [3.63, 3.8) is 0 Å². The Morgan fingerprint density at radius 1 is 1.31 bits per heavy atom. The molecule has 1 aromatic carbocycles. The van der Waals surface area contributed by atoms with E-state index in [4.69, 9.17) is 9.57 Å². The third-order valence-corrected chi connectivity index (χ3v) is 2.73. The first-order valence-electron chi connectivity index (χ1n) is 5.52. The Hall–Kier alpha value is -1.26. The Balaban J connectivity index is 1.89. The van der Waals surface area contributed by atoms with Crippen molar-refractivity contribution in [1.82, 2.24) is 4.90 Å². The molecule has 1 unspecified atom stereocenters. The first-order chi connectivity index (χ1) is 7.78. The molecule has 16 heavy (non-hydrogen) atoms. The highest BCUT2D eigenvalue weighted by Gasteiger charge is 2.20. The van der Waals surface area contributed by atoms with Crippen LogP contribution < -0.4 is 10.2 Å². The van der Waals surface area contributed by atoms with Crippen LogP contribution in [0, 0.1) is 0 Å². The molecular formula is C12H18N2O2. The first kappa shape index (κ1) is 11.2. The highest BCUT2D eigenvalue weighted by atomic mass is 16.6. The molecule has 1 aliphatic heterocycles. The molecule has 0 saturated carbocycles. The molecule has 1 atom stereocenters. The predicted molar refractivity (Wildman–Crippen MR) is 63.6 cm³/mol. The minimum Gasteiger partial charge on any atom is -0.489 e. The molecule has 0 bridgehead atoms. The number of rotatable bonds is 4. The summed E-state index contributed by atoms with van der Waals surface area (Å²) in [5.74, 6) is 0.918. The zero-order valence-corrected chi connectivity index (χ0v) is 9.77. The summed E-state index contributed by atoms with van der Waals surface area (Å²) < 4.78 is 5.87. The van der Waals surface area contributed by atoms with Gasteiger partial charge >= 0.3 is 0 Å². The van der Waals surface area contributed by atoms with Crippen LogP contribution in [0.15, 0.2) is 24.3 Å². The summed E-state index contributed by atoms with van der Waals surface area (Å²) in [6, 6.07) is 7.80. The minimum absolute atomic E-state index is 0.325. The lowest BCUT2D eigenvalue weighted by atomic mass is 10.3. The standard InChI is InChI=1S/C12H18N2O2/c1-14-8-7-12(9-14)16-11-5-3-10(4-6-11)13-15-2/h3-6,12-13H,7-9H2,1-2H3. The molecule has 0 aliphatic carbocycles. The molecule has 0 amide bonds. The largest absolute Gasteiger partial charge is 0.489 e. The van der Waals surface area contributed by atoms with E-state index in [0.29, 0.717) is 6.10 Å². The summed E-state index contributed by atoms with van der Waals surface area (Å²) in [7, 11) is 3.72. The SMILES string of the molecule is CONc1ccc(OC2CCN(C)C2)cc1.